The van der Waals surface area contributed by atoms with Crippen molar-refractivity contribution in [3.8, 4) is 0 Å². The summed E-state index contributed by atoms with van der Waals surface area (Å²) in [6.45, 7) is 0. The molecule has 1 heterocycles. The summed E-state index contributed by atoms with van der Waals surface area (Å²) in [5, 5.41) is 0.549. The Morgan fingerprint density at radius 3 is 2.88 bits per heavy atom. The van der Waals surface area contributed by atoms with E-state index in [0.717, 1.165) is 0 Å². The van der Waals surface area contributed by atoms with Crippen molar-refractivity contribution >= 4 is 37.5 Å². The topological polar surface area (TPSA) is 73.3 Å². The SMILES string of the molecule is COC(=O)c1ccnc(SCCS(=O)(=O)Cl)c1. The molecule has 17 heavy (non-hydrogen) atoms. The van der Waals surface area contributed by atoms with Crippen LogP contribution in [0.2, 0.25) is 0 Å². The molecule has 0 radical (unpaired) electrons. The number of hydrogen-bond acceptors (Lipinski definition) is 6. The Kier molecular flexibility index (Phi) is 5.23. The normalized spacial score (nSPS) is 11.2. The molecule has 0 spiro atoms. The first-order valence-electron chi connectivity index (χ1n) is 4.52. The first-order chi connectivity index (χ1) is 7.92. The molecule has 1 aromatic heterocycles. The second-order valence-electron chi connectivity index (χ2n) is 2.97. The van der Waals surface area contributed by atoms with E-state index in [4.69, 9.17) is 10.7 Å². The van der Waals surface area contributed by atoms with Gasteiger partial charge < -0.3 is 4.74 Å². The fourth-order valence-electron chi connectivity index (χ4n) is 0.979. The number of aromatic nitrogens is 1. The highest BCUT2D eigenvalue weighted by Gasteiger charge is 2.09. The summed E-state index contributed by atoms with van der Waals surface area (Å²) in [5.41, 5.74) is 0.374. The van der Waals surface area contributed by atoms with Crippen LogP contribution in [-0.4, -0.2) is 38.0 Å². The lowest BCUT2D eigenvalue weighted by Crippen LogP contribution is -2.03. The highest BCUT2D eigenvalue weighted by Crippen LogP contribution is 2.17. The summed E-state index contributed by atoms with van der Waals surface area (Å²) < 4.78 is 26.0. The molecule has 0 aliphatic rings. The third-order valence-corrected chi connectivity index (χ3v) is 4.07. The average Bonchev–Trinajstić information content (AvgIpc) is 2.27. The number of rotatable bonds is 5. The van der Waals surface area contributed by atoms with Crippen LogP contribution in [0, 0.1) is 0 Å². The second-order valence-corrected chi connectivity index (χ2v) is 6.98. The molecule has 0 amide bonds. The van der Waals surface area contributed by atoms with E-state index in [1.807, 2.05) is 0 Å². The lowest BCUT2D eigenvalue weighted by Gasteiger charge is -2.02. The summed E-state index contributed by atoms with van der Waals surface area (Å²) in [4.78, 5) is 15.2. The van der Waals surface area contributed by atoms with Crippen molar-refractivity contribution in [1.82, 2.24) is 4.98 Å². The summed E-state index contributed by atoms with van der Waals surface area (Å²) in [6.07, 6.45) is 1.46. The molecular formula is C9H10ClNO4S2. The van der Waals surface area contributed by atoms with Crippen LogP contribution in [0.5, 0.6) is 0 Å². The van der Waals surface area contributed by atoms with Gasteiger partial charge in [0.2, 0.25) is 9.05 Å². The molecule has 0 unspecified atom stereocenters. The number of pyridine rings is 1. The van der Waals surface area contributed by atoms with Crippen LogP contribution in [0.4, 0.5) is 0 Å². The smallest absolute Gasteiger partial charge is 0.337 e. The van der Waals surface area contributed by atoms with Gasteiger partial charge in [-0.2, -0.15) is 0 Å². The molecule has 0 aromatic carbocycles. The van der Waals surface area contributed by atoms with Gasteiger partial charge in [0.25, 0.3) is 0 Å². The molecular weight excluding hydrogens is 286 g/mol. The van der Waals surface area contributed by atoms with E-state index in [-0.39, 0.29) is 11.5 Å². The lowest BCUT2D eigenvalue weighted by molar-refractivity contribution is 0.0600. The zero-order valence-electron chi connectivity index (χ0n) is 8.92. The Morgan fingerprint density at radius 1 is 1.59 bits per heavy atom. The fraction of sp³-hybridized carbons (Fsp3) is 0.333. The number of nitrogens with zero attached hydrogens (tertiary/aromatic N) is 1. The zero-order chi connectivity index (χ0) is 12.9. The van der Waals surface area contributed by atoms with E-state index >= 15 is 0 Å². The molecule has 1 aromatic rings. The van der Waals surface area contributed by atoms with Gasteiger partial charge in [0, 0.05) is 22.6 Å². The van der Waals surface area contributed by atoms with Gasteiger partial charge in [-0.05, 0) is 12.1 Å². The number of thioether (sulfide) groups is 1. The van der Waals surface area contributed by atoms with Crippen molar-refractivity contribution in [2.45, 2.75) is 5.03 Å². The number of methoxy groups -OCH3 is 1. The molecule has 0 saturated carbocycles. The second kappa shape index (κ2) is 6.23. The van der Waals surface area contributed by atoms with Gasteiger partial charge >= 0.3 is 5.97 Å². The highest BCUT2D eigenvalue weighted by atomic mass is 35.7. The van der Waals surface area contributed by atoms with E-state index in [1.54, 1.807) is 0 Å². The van der Waals surface area contributed by atoms with Crippen LogP contribution < -0.4 is 0 Å². The first kappa shape index (κ1) is 14.3. The molecule has 0 aliphatic carbocycles. The van der Waals surface area contributed by atoms with E-state index in [9.17, 15) is 13.2 Å². The largest absolute Gasteiger partial charge is 0.465 e. The third kappa shape index (κ3) is 5.38. The number of carbonyl (C=O) groups excluding carboxylic acids is 1. The quantitative estimate of drug-likeness (QED) is 0.466. The van der Waals surface area contributed by atoms with Gasteiger partial charge in [-0.25, -0.2) is 18.2 Å². The molecule has 0 bridgehead atoms. The Labute approximate surface area is 108 Å². The molecule has 8 heteroatoms. The van der Waals surface area contributed by atoms with Gasteiger partial charge in [-0.1, -0.05) is 0 Å². The van der Waals surface area contributed by atoms with Crippen molar-refractivity contribution in [3.05, 3.63) is 23.9 Å². The van der Waals surface area contributed by atoms with Crippen molar-refractivity contribution in [2.24, 2.45) is 0 Å². The van der Waals surface area contributed by atoms with E-state index in [0.29, 0.717) is 10.6 Å². The number of ether oxygens (including phenoxy) is 1. The van der Waals surface area contributed by atoms with Gasteiger partial charge in [-0.15, -0.1) is 11.8 Å². The van der Waals surface area contributed by atoms with Gasteiger partial charge in [0.1, 0.15) is 0 Å². The molecule has 0 aliphatic heterocycles. The average molecular weight is 296 g/mol. The summed E-state index contributed by atoms with van der Waals surface area (Å²) in [7, 11) is 2.86. The summed E-state index contributed by atoms with van der Waals surface area (Å²) in [5.74, 6) is -0.327. The Hall–Kier alpha value is -0.790. The van der Waals surface area contributed by atoms with Gasteiger partial charge in [0.15, 0.2) is 0 Å². The summed E-state index contributed by atoms with van der Waals surface area (Å²) in [6, 6.07) is 3.06. The maximum atomic E-state index is 11.2. The minimum Gasteiger partial charge on any atom is -0.465 e. The maximum Gasteiger partial charge on any atom is 0.337 e. The maximum absolute atomic E-state index is 11.2. The van der Waals surface area contributed by atoms with Crippen LogP contribution >= 0.6 is 22.4 Å². The standard InChI is InChI=1S/C9H10ClNO4S2/c1-15-9(12)7-2-3-11-8(6-7)16-4-5-17(10,13)14/h2-3,6H,4-5H2,1H3. The van der Waals surface area contributed by atoms with Gasteiger partial charge in [0.05, 0.1) is 23.5 Å². The van der Waals surface area contributed by atoms with Crippen LogP contribution in [-0.2, 0) is 13.8 Å². The van der Waals surface area contributed by atoms with Crippen molar-refractivity contribution in [1.29, 1.82) is 0 Å². The fourth-order valence-corrected chi connectivity index (χ4v) is 3.23. The number of hydrogen-bond donors (Lipinski definition) is 0. The molecule has 94 valence electrons. The minimum absolute atomic E-state index is 0.149. The van der Waals surface area contributed by atoms with Crippen LogP contribution in [0.3, 0.4) is 0 Å². The van der Waals surface area contributed by atoms with E-state index in [1.165, 1.54) is 37.2 Å². The van der Waals surface area contributed by atoms with Crippen LogP contribution in [0.15, 0.2) is 23.4 Å². The predicted octanol–water partition coefficient (Wildman–Crippen LogP) is 1.53. The van der Waals surface area contributed by atoms with Crippen molar-refractivity contribution in [2.75, 3.05) is 18.6 Å². The Balaban J connectivity index is 2.63. The van der Waals surface area contributed by atoms with E-state index in [2.05, 4.69) is 9.72 Å². The molecule has 0 atom stereocenters. The summed E-state index contributed by atoms with van der Waals surface area (Å²) >= 11 is 1.21. The molecule has 1 rings (SSSR count). The number of carbonyl (C=O) groups is 1. The van der Waals surface area contributed by atoms with Crippen molar-refractivity contribution in [3.63, 3.8) is 0 Å². The Morgan fingerprint density at radius 2 is 2.29 bits per heavy atom. The van der Waals surface area contributed by atoms with E-state index < -0.39 is 15.0 Å². The van der Waals surface area contributed by atoms with Crippen LogP contribution in [0.25, 0.3) is 0 Å². The minimum atomic E-state index is -3.49. The molecule has 5 nitrogen and oxygen atoms in total. The van der Waals surface area contributed by atoms with Crippen LogP contribution in [0.1, 0.15) is 10.4 Å². The monoisotopic (exact) mass is 295 g/mol. The Bertz CT molecular complexity index is 503. The molecule has 0 fully saturated rings. The predicted molar refractivity (Wildman–Crippen MR) is 65.9 cm³/mol. The van der Waals surface area contributed by atoms with Gasteiger partial charge in [-0.3, -0.25) is 0 Å². The molecule has 0 saturated heterocycles. The first-order valence-corrected chi connectivity index (χ1v) is 7.98. The highest BCUT2D eigenvalue weighted by molar-refractivity contribution is 8.14. The number of halogens is 1. The molecule has 0 N–H and O–H groups in total. The third-order valence-electron chi connectivity index (χ3n) is 1.73. The lowest BCUT2D eigenvalue weighted by atomic mass is 10.3. The van der Waals surface area contributed by atoms with Crippen molar-refractivity contribution < 1.29 is 17.9 Å². The zero-order valence-corrected chi connectivity index (χ0v) is 11.3. The number of esters is 1.